The van der Waals surface area contributed by atoms with E-state index in [0.29, 0.717) is 5.92 Å². The lowest BCUT2D eigenvalue weighted by Crippen LogP contribution is -2.47. The second-order valence-electron chi connectivity index (χ2n) is 6.72. The van der Waals surface area contributed by atoms with Crippen LogP contribution in [0.4, 0.5) is 5.95 Å². The third-order valence-corrected chi connectivity index (χ3v) is 4.46. The number of rotatable bonds is 10. The van der Waals surface area contributed by atoms with Gasteiger partial charge in [0.1, 0.15) is 0 Å². The minimum absolute atomic E-state index is 0.483. The summed E-state index contributed by atoms with van der Waals surface area (Å²) < 4.78 is 5.65. The van der Waals surface area contributed by atoms with E-state index in [2.05, 4.69) is 38.9 Å². The zero-order valence-corrected chi connectivity index (χ0v) is 15.5. The van der Waals surface area contributed by atoms with Crippen LogP contribution >= 0.6 is 0 Å². The lowest BCUT2D eigenvalue weighted by molar-refractivity contribution is 0.117. The summed E-state index contributed by atoms with van der Waals surface area (Å²) in [6, 6.07) is 0. The maximum absolute atomic E-state index is 5.65. The van der Waals surface area contributed by atoms with E-state index in [0.717, 1.165) is 71.3 Å². The van der Waals surface area contributed by atoms with Gasteiger partial charge in [-0.25, -0.2) is 9.97 Å². The molecule has 0 unspecified atom stereocenters. The zero-order chi connectivity index (χ0) is 17.2. The van der Waals surface area contributed by atoms with Crippen molar-refractivity contribution in [1.82, 2.24) is 20.2 Å². The van der Waals surface area contributed by atoms with E-state index in [-0.39, 0.29) is 0 Å². The molecule has 0 aromatic carbocycles. The van der Waals surface area contributed by atoms with Crippen molar-refractivity contribution in [2.75, 3.05) is 64.4 Å². The van der Waals surface area contributed by atoms with Crippen molar-refractivity contribution in [2.45, 2.75) is 32.6 Å². The molecule has 1 aliphatic rings. The highest BCUT2D eigenvalue weighted by Gasteiger charge is 2.18. The summed E-state index contributed by atoms with van der Waals surface area (Å²) in [5.74, 6) is 1.35. The maximum Gasteiger partial charge on any atom is 0.225 e. The lowest BCUT2D eigenvalue weighted by Gasteiger charge is -2.34. The Morgan fingerprint density at radius 1 is 1.08 bits per heavy atom. The molecule has 0 atom stereocenters. The van der Waals surface area contributed by atoms with E-state index in [1.54, 1.807) is 0 Å². The summed E-state index contributed by atoms with van der Waals surface area (Å²) in [5.41, 5.74) is 1.20. The van der Waals surface area contributed by atoms with Crippen molar-refractivity contribution in [3.8, 4) is 0 Å². The van der Waals surface area contributed by atoms with E-state index in [4.69, 9.17) is 4.74 Å². The maximum atomic E-state index is 5.65. The van der Waals surface area contributed by atoms with Gasteiger partial charge in [0.25, 0.3) is 0 Å². The van der Waals surface area contributed by atoms with Gasteiger partial charge in [-0.05, 0) is 37.9 Å². The summed E-state index contributed by atoms with van der Waals surface area (Å²) in [4.78, 5) is 13.9. The summed E-state index contributed by atoms with van der Waals surface area (Å²) in [7, 11) is 1.98. The predicted octanol–water partition coefficient (Wildman–Crippen LogP) is 1.74. The Bertz CT molecular complexity index is 443. The van der Waals surface area contributed by atoms with Crippen LogP contribution in [0.25, 0.3) is 0 Å². The van der Waals surface area contributed by atoms with Crippen LogP contribution < -0.4 is 10.2 Å². The molecular weight excluding hydrogens is 302 g/mol. The molecule has 0 radical (unpaired) electrons. The molecule has 2 heterocycles. The van der Waals surface area contributed by atoms with Crippen molar-refractivity contribution in [1.29, 1.82) is 0 Å². The highest BCUT2D eigenvalue weighted by atomic mass is 16.5. The summed E-state index contributed by atoms with van der Waals surface area (Å²) in [5, 5.41) is 3.13. The van der Waals surface area contributed by atoms with Crippen LogP contribution in [0.1, 0.15) is 38.2 Å². The molecule has 0 aliphatic carbocycles. The second kappa shape index (κ2) is 10.6. The van der Waals surface area contributed by atoms with E-state index in [1.807, 2.05) is 19.4 Å². The highest BCUT2D eigenvalue weighted by molar-refractivity contribution is 5.31. The molecule has 1 aliphatic heterocycles. The van der Waals surface area contributed by atoms with Crippen LogP contribution in [-0.4, -0.2) is 74.4 Å². The van der Waals surface area contributed by atoms with E-state index >= 15 is 0 Å². The lowest BCUT2D eigenvalue weighted by atomic mass is 10.1. The molecule has 0 amide bonds. The molecule has 24 heavy (non-hydrogen) atoms. The predicted molar refractivity (Wildman–Crippen MR) is 98.8 cm³/mol. The first-order chi connectivity index (χ1) is 11.7. The van der Waals surface area contributed by atoms with Crippen LogP contribution in [0.2, 0.25) is 0 Å². The Balaban J connectivity index is 1.61. The SMILES string of the molecule is CNCCCOCCCN1CCN(c2ncc(C(C)C)cn2)CC1. The highest BCUT2D eigenvalue weighted by Crippen LogP contribution is 2.15. The summed E-state index contributed by atoms with van der Waals surface area (Å²) in [6.45, 7) is 12.4. The molecule has 6 heteroatoms. The van der Waals surface area contributed by atoms with Crippen LogP contribution in [0.15, 0.2) is 12.4 Å². The average molecular weight is 335 g/mol. The fourth-order valence-corrected chi connectivity index (χ4v) is 2.81. The molecule has 6 nitrogen and oxygen atoms in total. The van der Waals surface area contributed by atoms with Crippen molar-refractivity contribution in [3.63, 3.8) is 0 Å². The summed E-state index contributed by atoms with van der Waals surface area (Å²) >= 11 is 0. The monoisotopic (exact) mass is 335 g/mol. The van der Waals surface area contributed by atoms with E-state index in [9.17, 15) is 0 Å². The topological polar surface area (TPSA) is 53.5 Å². The van der Waals surface area contributed by atoms with Crippen LogP contribution in [0.3, 0.4) is 0 Å². The number of piperazine rings is 1. The largest absolute Gasteiger partial charge is 0.381 e. The first kappa shape index (κ1) is 19.1. The Labute approximate surface area is 146 Å². The fourth-order valence-electron chi connectivity index (χ4n) is 2.81. The van der Waals surface area contributed by atoms with E-state index < -0.39 is 0 Å². The molecule has 0 saturated carbocycles. The van der Waals surface area contributed by atoms with Gasteiger partial charge < -0.3 is 15.0 Å². The average Bonchev–Trinajstić information content (AvgIpc) is 2.61. The van der Waals surface area contributed by atoms with Gasteiger partial charge in [-0.15, -0.1) is 0 Å². The smallest absolute Gasteiger partial charge is 0.225 e. The Morgan fingerprint density at radius 2 is 1.75 bits per heavy atom. The van der Waals surface area contributed by atoms with Crippen LogP contribution in [0, 0.1) is 0 Å². The van der Waals surface area contributed by atoms with Gasteiger partial charge in [0.05, 0.1) is 0 Å². The number of hydrogen-bond acceptors (Lipinski definition) is 6. The molecule has 2 rings (SSSR count). The first-order valence-corrected chi connectivity index (χ1v) is 9.22. The Morgan fingerprint density at radius 3 is 2.38 bits per heavy atom. The normalized spacial score (nSPS) is 16.1. The number of nitrogens with one attached hydrogen (secondary N) is 1. The van der Waals surface area contributed by atoms with Crippen LogP contribution in [0.5, 0.6) is 0 Å². The number of ether oxygens (including phenoxy) is 1. The molecular formula is C18H33N5O. The molecule has 0 spiro atoms. The standard InChI is InChI=1S/C18H33N5O/c1-16(2)17-14-20-18(21-15-17)23-10-8-22(9-11-23)7-5-13-24-12-4-6-19-3/h14-16,19H,4-13H2,1-3H3. The van der Waals surface area contributed by atoms with Crippen LogP contribution in [-0.2, 0) is 4.74 Å². The van der Waals surface area contributed by atoms with Gasteiger partial charge in [0.15, 0.2) is 0 Å². The quantitative estimate of drug-likeness (QED) is 0.657. The van der Waals surface area contributed by atoms with Gasteiger partial charge in [0, 0.05) is 58.3 Å². The molecule has 0 bridgehead atoms. The number of hydrogen-bond donors (Lipinski definition) is 1. The minimum Gasteiger partial charge on any atom is -0.381 e. The number of anilines is 1. The summed E-state index contributed by atoms with van der Waals surface area (Å²) in [6.07, 6.45) is 6.12. The first-order valence-electron chi connectivity index (χ1n) is 9.22. The van der Waals surface area contributed by atoms with Gasteiger partial charge in [-0.2, -0.15) is 0 Å². The van der Waals surface area contributed by atoms with Gasteiger partial charge in [-0.1, -0.05) is 13.8 Å². The Kier molecular flexibility index (Phi) is 8.42. The molecule has 1 saturated heterocycles. The van der Waals surface area contributed by atoms with Crippen molar-refractivity contribution >= 4 is 5.95 Å². The Hall–Kier alpha value is -1.24. The number of nitrogens with zero attached hydrogens (tertiary/aromatic N) is 4. The fraction of sp³-hybridized carbons (Fsp3) is 0.778. The third-order valence-electron chi connectivity index (χ3n) is 4.46. The van der Waals surface area contributed by atoms with Gasteiger partial charge in [-0.3, -0.25) is 4.90 Å². The van der Waals surface area contributed by atoms with Gasteiger partial charge in [0.2, 0.25) is 5.95 Å². The molecule has 1 aromatic heterocycles. The molecule has 1 aromatic rings. The van der Waals surface area contributed by atoms with E-state index in [1.165, 1.54) is 5.56 Å². The minimum atomic E-state index is 0.483. The van der Waals surface area contributed by atoms with Gasteiger partial charge >= 0.3 is 0 Å². The molecule has 1 fully saturated rings. The zero-order valence-electron chi connectivity index (χ0n) is 15.5. The number of aromatic nitrogens is 2. The van der Waals surface area contributed by atoms with Crippen molar-refractivity contribution in [2.24, 2.45) is 0 Å². The third kappa shape index (κ3) is 6.34. The molecule has 1 N–H and O–H groups in total. The second-order valence-corrected chi connectivity index (χ2v) is 6.72. The molecule has 136 valence electrons. The van der Waals surface area contributed by atoms with Crippen molar-refractivity contribution < 1.29 is 4.74 Å². The van der Waals surface area contributed by atoms with Crippen molar-refractivity contribution in [3.05, 3.63) is 18.0 Å².